The second kappa shape index (κ2) is 8.16. The Morgan fingerprint density at radius 1 is 1.03 bits per heavy atom. The predicted molar refractivity (Wildman–Crippen MR) is 132 cm³/mol. The number of anilines is 1. The zero-order valence-corrected chi connectivity index (χ0v) is 19.9. The number of benzene rings is 2. The minimum Gasteiger partial charge on any atom is -0.444 e. The van der Waals surface area contributed by atoms with Gasteiger partial charge in [0, 0.05) is 44.8 Å². The molecule has 0 saturated carbocycles. The van der Waals surface area contributed by atoms with Crippen molar-refractivity contribution in [2.24, 2.45) is 7.05 Å². The number of piperazine rings is 1. The van der Waals surface area contributed by atoms with Gasteiger partial charge in [-0.25, -0.2) is 9.78 Å². The molecule has 34 heavy (non-hydrogen) atoms. The molecule has 9 nitrogen and oxygen atoms in total. The van der Waals surface area contributed by atoms with Gasteiger partial charge in [-0.3, -0.25) is 14.0 Å². The second-order valence-corrected chi connectivity index (χ2v) is 9.59. The first-order valence-corrected chi connectivity index (χ1v) is 11.4. The first-order valence-electron chi connectivity index (χ1n) is 11.4. The molecule has 1 aliphatic heterocycles. The van der Waals surface area contributed by atoms with Gasteiger partial charge in [0.15, 0.2) is 0 Å². The molecule has 0 N–H and O–H groups in total. The summed E-state index contributed by atoms with van der Waals surface area (Å²) >= 11 is 0. The number of carbonyl (C=O) groups excluding carboxylic acids is 1. The van der Waals surface area contributed by atoms with E-state index < -0.39 is 5.60 Å². The molecule has 0 aliphatic carbocycles. The fourth-order valence-electron chi connectivity index (χ4n) is 4.34. The zero-order chi connectivity index (χ0) is 24.0. The largest absolute Gasteiger partial charge is 0.444 e. The molecule has 5 rings (SSSR count). The molecule has 2 aromatic carbocycles. The van der Waals surface area contributed by atoms with Crippen molar-refractivity contribution in [1.82, 2.24) is 24.2 Å². The molecule has 2 aromatic heterocycles. The lowest BCUT2D eigenvalue weighted by Crippen LogP contribution is -2.50. The summed E-state index contributed by atoms with van der Waals surface area (Å²) in [6.45, 7) is 7.85. The first kappa shape index (κ1) is 21.9. The average molecular weight is 461 g/mol. The number of rotatable bonds is 2. The van der Waals surface area contributed by atoms with E-state index in [0.29, 0.717) is 37.1 Å². The molecular weight excluding hydrogens is 432 g/mol. The number of aryl methyl sites for hydroxylation is 1. The van der Waals surface area contributed by atoms with Crippen LogP contribution in [0.3, 0.4) is 0 Å². The molecule has 1 fully saturated rings. The molecule has 0 unspecified atom stereocenters. The first-order chi connectivity index (χ1) is 16.2. The topological polar surface area (TPSA) is 85.5 Å². The minimum atomic E-state index is -0.528. The fraction of sp³-hybridized carbons (Fsp3) is 0.360. The number of amides is 1. The lowest BCUT2D eigenvalue weighted by Gasteiger charge is -2.37. The van der Waals surface area contributed by atoms with Gasteiger partial charge in [0.2, 0.25) is 0 Å². The maximum absolute atomic E-state index is 13.7. The molecule has 176 valence electrons. The van der Waals surface area contributed by atoms with E-state index in [0.717, 1.165) is 22.3 Å². The molecule has 0 bridgehead atoms. The van der Waals surface area contributed by atoms with Crippen LogP contribution in [-0.4, -0.2) is 62.1 Å². The Hall–Kier alpha value is -3.88. The van der Waals surface area contributed by atoms with Gasteiger partial charge in [-0.1, -0.05) is 6.07 Å². The fourth-order valence-corrected chi connectivity index (χ4v) is 4.34. The summed E-state index contributed by atoms with van der Waals surface area (Å²) in [4.78, 5) is 34.5. The Balaban J connectivity index is 1.47. The molecule has 3 heterocycles. The Bertz CT molecular complexity index is 1440. The summed E-state index contributed by atoms with van der Waals surface area (Å²) in [5, 5.41) is 5.93. The van der Waals surface area contributed by atoms with Crippen LogP contribution in [0.5, 0.6) is 0 Å². The maximum atomic E-state index is 13.7. The molecular formula is C25H28N6O3. The van der Waals surface area contributed by atoms with Crippen molar-refractivity contribution in [3.63, 3.8) is 0 Å². The summed E-state index contributed by atoms with van der Waals surface area (Å²) in [5.41, 5.74) is 2.44. The molecule has 1 saturated heterocycles. The van der Waals surface area contributed by atoms with Gasteiger partial charge in [-0.15, -0.1) is 0 Å². The van der Waals surface area contributed by atoms with Gasteiger partial charge in [0.05, 0.1) is 27.8 Å². The van der Waals surface area contributed by atoms with E-state index in [4.69, 9.17) is 4.74 Å². The molecule has 1 amide bonds. The summed E-state index contributed by atoms with van der Waals surface area (Å²) in [6, 6.07) is 11.4. The van der Waals surface area contributed by atoms with E-state index in [1.54, 1.807) is 20.5 Å². The van der Waals surface area contributed by atoms with Crippen LogP contribution >= 0.6 is 0 Å². The number of carbonyl (C=O) groups is 1. The van der Waals surface area contributed by atoms with Gasteiger partial charge in [-0.2, -0.15) is 5.10 Å². The van der Waals surface area contributed by atoms with Crippen molar-refractivity contribution in [2.45, 2.75) is 26.4 Å². The highest BCUT2D eigenvalue weighted by molar-refractivity contribution is 5.91. The van der Waals surface area contributed by atoms with E-state index in [-0.39, 0.29) is 11.7 Å². The molecule has 0 atom stereocenters. The van der Waals surface area contributed by atoms with E-state index in [1.165, 1.54) is 0 Å². The van der Waals surface area contributed by atoms with Gasteiger partial charge in [0.1, 0.15) is 11.9 Å². The number of hydrogen-bond donors (Lipinski definition) is 0. The lowest BCUT2D eigenvalue weighted by molar-refractivity contribution is 0.0240. The maximum Gasteiger partial charge on any atom is 0.410 e. The van der Waals surface area contributed by atoms with Crippen molar-refractivity contribution in [2.75, 3.05) is 31.1 Å². The second-order valence-electron chi connectivity index (χ2n) is 9.59. The highest BCUT2D eigenvalue weighted by Crippen LogP contribution is 2.25. The Labute approximate surface area is 197 Å². The third kappa shape index (κ3) is 4.09. The third-order valence-corrected chi connectivity index (χ3v) is 5.92. The molecule has 0 radical (unpaired) electrons. The van der Waals surface area contributed by atoms with Crippen LogP contribution in [0.15, 0.2) is 53.7 Å². The van der Waals surface area contributed by atoms with Crippen molar-refractivity contribution in [3.8, 4) is 5.69 Å². The van der Waals surface area contributed by atoms with Gasteiger partial charge < -0.3 is 14.5 Å². The monoisotopic (exact) mass is 460 g/mol. The summed E-state index contributed by atoms with van der Waals surface area (Å²) in [7, 11) is 1.87. The van der Waals surface area contributed by atoms with E-state index in [2.05, 4.69) is 15.0 Å². The normalized spacial score (nSPS) is 14.7. The predicted octanol–water partition coefficient (Wildman–Crippen LogP) is 3.33. The van der Waals surface area contributed by atoms with Gasteiger partial charge in [-0.05, 0) is 51.1 Å². The van der Waals surface area contributed by atoms with E-state index in [9.17, 15) is 9.59 Å². The van der Waals surface area contributed by atoms with Crippen LogP contribution < -0.4 is 10.5 Å². The SMILES string of the molecule is Cn1cc2cc(-n3cnc4cccc(N5CCN(C(=O)OC(C)(C)C)CC5)c4c3=O)ccc2n1. The zero-order valence-electron chi connectivity index (χ0n) is 19.9. The number of ether oxygens (including phenoxy) is 1. The average Bonchev–Trinajstić information content (AvgIpc) is 3.17. The molecule has 1 aliphatic rings. The van der Waals surface area contributed by atoms with Crippen LogP contribution in [-0.2, 0) is 11.8 Å². The highest BCUT2D eigenvalue weighted by atomic mass is 16.6. The van der Waals surface area contributed by atoms with E-state index in [1.807, 2.05) is 70.4 Å². The standard InChI is InChI=1S/C25H28N6O3/c1-25(2,3)34-24(33)30-12-10-29(11-13-30)21-7-5-6-20-22(21)23(32)31(16-26-20)18-8-9-19-17(14-18)15-28(4)27-19/h5-9,14-16H,10-13H2,1-4H3. The van der Waals surface area contributed by atoms with Crippen molar-refractivity contribution >= 4 is 33.6 Å². The van der Waals surface area contributed by atoms with Crippen LogP contribution in [0.1, 0.15) is 20.8 Å². The summed E-state index contributed by atoms with van der Waals surface area (Å²) in [5.74, 6) is 0. The van der Waals surface area contributed by atoms with Crippen LogP contribution in [0.2, 0.25) is 0 Å². The Kier molecular flexibility index (Phi) is 5.27. The smallest absolute Gasteiger partial charge is 0.410 e. The lowest BCUT2D eigenvalue weighted by atomic mass is 10.1. The number of fused-ring (bicyclic) bond motifs is 2. The van der Waals surface area contributed by atoms with E-state index >= 15 is 0 Å². The molecule has 0 spiro atoms. The van der Waals surface area contributed by atoms with Crippen LogP contribution in [0.25, 0.3) is 27.5 Å². The Morgan fingerprint density at radius 2 is 1.79 bits per heavy atom. The third-order valence-electron chi connectivity index (χ3n) is 5.92. The quantitative estimate of drug-likeness (QED) is 0.456. The van der Waals surface area contributed by atoms with Crippen molar-refractivity contribution in [3.05, 3.63) is 59.3 Å². The Morgan fingerprint density at radius 3 is 2.53 bits per heavy atom. The summed E-state index contributed by atoms with van der Waals surface area (Å²) in [6.07, 6.45) is 3.19. The minimum absolute atomic E-state index is 0.126. The molecule has 9 heteroatoms. The number of hydrogen-bond acceptors (Lipinski definition) is 6. The van der Waals surface area contributed by atoms with Gasteiger partial charge in [0.25, 0.3) is 5.56 Å². The molecule has 4 aromatic rings. The van der Waals surface area contributed by atoms with Crippen molar-refractivity contribution in [1.29, 1.82) is 0 Å². The summed E-state index contributed by atoms with van der Waals surface area (Å²) < 4.78 is 8.84. The number of nitrogens with zero attached hydrogens (tertiary/aromatic N) is 6. The van der Waals surface area contributed by atoms with Gasteiger partial charge >= 0.3 is 6.09 Å². The van der Waals surface area contributed by atoms with Crippen LogP contribution in [0, 0.1) is 0 Å². The highest BCUT2D eigenvalue weighted by Gasteiger charge is 2.27. The van der Waals surface area contributed by atoms with Crippen molar-refractivity contribution < 1.29 is 9.53 Å². The number of aromatic nitrogens is 4. The van der Waals surface area contributed by atoms with Crippen LogP contribution in [0.4, 0.5) is 10.5 Å².